The maximum Gasteiger partial charge on any atom is 0.258 e. The molecule has 0 unspecified atom stereocenters. The minimum Gasteiger partial charge on any atom is -0.493 e. The summed E-state index contributed by atoms with van der Waals surface area (Å²) in [7, 11) is 0. The zero-order valence-corrected chi connectivity index (χ0v) is 13.6. The van der Waals surface area contributed by atoms with Gasteiger partial charge in [-0.2, -0.15) is 4.98 Å². The number of aromatic amines is 1. The quantitative estimate of drug-likeness (QED) is 0.568. The summed E-state index contributed by atoms with van der Waals surface area (Å²) in [5.41, 5.74) is 0.157. The largest absolute Gasteiger partial charge is 0.493 e. The molecule has 0 aliphatic heterocycles. The zero-order chi connectivity index (χ0) is 15.1. The Hall–Kier alpha value is -1.01. The second-order valence-corrected chi connectivity index (χ2v) is 6.23. The van der Waals surface area contributed by atoms with Crippen molar-refractivity contribution >= 4 is 11.8 Å². The lowest BCUT2D eigenvalue weighted by molar-refractivity contribution is 0.324. The summed E-state index contributed by atoms with van der Waals surface area (Å²) in [6, 6.07) is 0. The van der Waals surface area contributed by atoms with Crippen LogP contribution in [0.3, 0.4) is 0 Å². The molecule has 0 spiro atoms. The monoisotopic (exact) mass is 299 g/mol. The Morgan fingerprint density at radius 1 is 1.35 bits per heavy atom. The van der Waals surface area contributed by atoms with Crippen molar-refractivity contribution in [1.82, 2.24) is 14.9 Å². The topological polar surface area (TPSA) is 69.2 Å². The van der Waals surface area contributed by atoms with Crippen molar-refractivity contribution in [1.29, 1.82) is 0 Å². The minimum atomic E-state index is -0.225. The third-order valence-electron chi connectivity index (χ3n) is 3.13. The number of H-pyrrole nitrogens is 1. The zero-order valence-electron chi connectivity index (χ0n) is 12.8. The van der Waals surface area contributed by atoms with Gasteiger partial charge in [-0.15, -0.1) is 0 Å². The highest BCUT2D eigenvalue weighted by Crippen LogP contribution is 2.18. The van der Waals surface area contributed by atoms with Crippen LogP contribution in [0, 0.1) is 5.92 Å². The molecule has 0 fully saturated rings. The predicted molar refractivity (Wildman–Crippen MR) is 83.6 cm³/mol. The summed E-state index contributed by atoms with van der Waals surface area (Å²) in [6.07, 6.45) is 0.540. The first kappa shape index (κ1) is 17.0. The van der Waals surface area contributed by atoms with E-state index < -0.39 is 0 Å². The van der Waals surface area contributed by atoms with Gasteiger partial charge in [-0.3, -0.25) is 4.79 Å². The number of thioether (sulfide) groups is 1. The molecule has 0 bridgehead atoms. The number of nitrogens with one attached hydrogen (secondary N) is 1. The summed E-state index contributed by atoms with van der Waals surface area (Å²) in [4.78, 5) is 21.1. The van der Waals surface area contributed by atoms with Gasteiger partial charge >= 0.3 is 0 Å². The van der Waals surface area contributed by atoms with E-state index in [4.69, 9.17) is 0 Å². The normalized spacial score (nSPS) is 11.5. The lowest BCUT2D eigenvalue weighted by atomic mass is 10.1. The maximum absolute atomic E-state index is 11.9. The van der Waals surface area contributed by atoms with E-state index in [1.54, 1.807) is 0 Å². The van der Waals surface area contributed by atoms with Gasteiger partial charge in [0.25, 0.3) is 5.56 Å². The molecule has 20 heavy (non-hydrogen) atoms. The molecule has 1 aromatic heterocycles. The van der Waals surface area contributed by atoms with Gasteiger partial charge in [0.1, 0.15) is 0 Å². The first-order valence-electron chi connectivity index (χ1n) is 7.15. The van der Waals surface area contributed by atoms with E-state index in [1.807, 2.05) is 13.8 Å². The van der Waals surface area contributed by atoms with Crippen molar-refractivity contribution in [2.45, 2.75) is 39.3 Å². The molecule has 1 heterocycles. The molecule has 0 atom stereocenters. The highest BCUT2D eigenvalue weighted by atomic mass is 32.2. The van der Waals surface area contributed by atoms with E-state index in [0.717, 1.165) is 25.4 Å². The molecule has 6 heteroatoms. The highest BCUT2D eigenvalue weighted by Gasteiger charge is 2.12. The fourth-order valence-corrected chi connectivity index (χ4v) is 2.80. The van der Waals surface area contributed by atoms with Crippen molar-refractivity contribution in [3.05, 3.63) is 15.9 Å². The van der Waals surface area contributed by atoms with Crippen LogP contribution >= 0.6 is 11.8 Å². The van der Waals surface area contributed by atoms with Crippen LogP contribution in [0.1, 0.15) is 33.3 Å². The Morgan fingerprint density at radius 3 is 2.50 bits per heavy atom. The summed E-state index contributed by atoms with van der Waals surface area (Å²) in [5, 5.41) is 10.4. The van der Waals surface area contributed by atoms with E-state index in [1.165, 1.54) is 11.8 Å². The maximum atomic E-state index is 11.9. The molecule has 0 radical (unpaired) electrons. The predicted octanol–water partition coefficient (Wildman–Crippen LogP) is 2.11. The van der Waals surface area contributed by atoms with E-state index in [9.17, 15) is 9.90 Å². The van der Waals surface area contributed by atoms with Crippen molar-refractivity contribution in [2.24, 2.45) is 5.92 Å². The standard InChI is InChI=1S/C14H25N3O2S/c1-5-17(6-2)7-8-20-14-15-12(18)11(9-10(3)4)13(19)16-14/h10H,5-9H2,1-4H3,(H2,15,16,18,19). The number of hydrogen-bond donors (Lipinski definition) is 2. The molecule has 114 valence electrons. The van der Waals surface area contributed by atoms with Crippen LogP contribution in [0.5, 0.6) is 5.88 Å². The summed E-state index contributed by atoms with van der Waals surface area (Å²) < 4.78 is 0. The van der Waals surface area contributed by atoms with Crippen LogP contribution in [-0.2, 0) is 6.42 Å². The third kappa shape index (κ3) is 5.17. The van der Waals surface area contributed by atoms with E-state index in [2.05, 4.69) is 28.7 Å². The fourth-order valence-electron chi connectivity index (χ4n) is 1.94. The molecule has 1 aromatic rings. The van der Waals surface area contributed by atoms with Gasteiger partial charge in [-0.1, -0.05) is 39.5 Å². The molecule has 0 saturated carbocycles. The van der Waals surface area contributed by atoms with Gasteiger partial charge in [0, 0.05) is 12.3 Å². The van der Waals surface area contributed by atoms with Gasteiger partial charge in [0.15, 0.2) is 5.16 Å². The van der Waals surface area contributed by atoms with Gasteiger partial charge in [-0.05, 0) is 25.4 Å². The van der Waals surface area contributed by atoms with Crippen LogP contribution in [-0.4, -0.2) is 45.4 Å². The van der Waals surface area contributed by atoms with Crippen LogP contribution < -0.4 is 5.56 Å². The van der Waals surface area contributed by atoms with Gasteiger partial charge in [0.2, 0.25) is 5.88 Å². The highest BCUT2D eigenvalue weighted by molar-refractivity contribution is 7.99. The first-order valence-corrected chi connectivity index (χ1v) is 8.13. The SMILES string of the molecule is CCN(CC)CCSc1nc(O)c(CC(C)C)c(=O)[nH]1. The molecule has 0 saturated heterocycles. The summed E-state index contributed by atoms with van der Waals surface area (Å²) in [6.45, 7) is 11.2. The van der Waals surface area contributed by atoms with Crippen molar-refractivity contribution in [3.8, 4) is 5.88 Å². The van der Waals surface area contributed by atoms with E-state index >= 15 is 0 Å². The van der Waals surface area contributed by atoms with E-state index in [-0.39, 0.29) is 11.4 Å². The minimum absolute atomic E-state index is 0.132. The van der Waals surface area contributed by atoms with Crippen LogP contribution in [0.2, 0.25) is 0 Å². The molecular formula is C14H25N3O2S. The average molecular weight is 299 g/mol. The second kappa shape index (κ2) is 8.32. The number of aromatic nitrogens is 2. The van der Waals surface area contributed by atoms with E-state index in [0.29, 0.717) is 23.1 Å². The Kier molecular flexibility index (Phi) is 7.09. The molecule has 2 N–H and O–H groups in total. The molecule has 0 aliphatic rings. The molecule has 0 aliphatic carbocycles. The fraction of sp³-hybridized carbons (Fsp3) is 0.714. The molecule has 0 amide bonds. The van der Waals surface area contributed by atoms with Crippen molar-refractivity contribution in [2.75, 3.05) is 25.4 Å². The summed E-state index contributed by atoms with van der Waals surface area (Å²) in [5.74, 6) is 1.02. The molecule has 0 aromatic carbocycles. The average Bonchev–Trinajstić information content (AvgIpc) is 2.39. The first-order chi connectivity index (χ1) is 9.47. The van der Waals surface area contributed by atoms with Crippen molar-refractivity contribution in [3.63, 3.8) is 0 Å². The molecule has 5 nitrogen and oxygen atoms in total. The molecular weight excluding hydrogens is 274 g/mol. The smallest absolute Gasteiger partial charge is 0.258 e. The van der Waals surface area contributed by atoms with Crippen LogP contribution in [0.25, 0.3) is 0 Å². The van der Waals surface area contributed by atoms with Gasteiger partial charge in [0.05, 0.1) is 5.56 Å². The molecule has 1 rings (SSSR count). The van der Waals surface area contributed by atoms with Gasteiger partial charge in [-0.25, -0.2) is 0 Å². The number of aromatic hydroxyl groups is 1. The Labute approximate surface area is 124 Å². The van der Waals surface area contributed by atoms with Crippen LogP contribution in [0.15, 0.2) is 9.95 Å². The Morgan fingerprint density at radius 2 is 2.00 bits per heavy atom. The Bertz CT molecular complexity index is 470. The number of nitrogens with zero attached hydrogens (tertiary/aromatic N) is 2. The Balaban J connectivity index is 2.67. The van der Waals surface area contributed by atoms with Gasteiger partial charge < -0.3 is 15.0 Å². The van der Waals surface area contributed by atoms with Crippen LogP contribution in [0.4, 0.5) is 0 Å². The summed E-state index contributed by atoms with van der Waals surface area (Å²) >= 11 is 1.47. The second-order valence-electron chi connectivity index (χ2n) is 5.15. The number of rotatable bonds is 8. The lowest BCUT2D eigenvalue weighted by Crippen LogP contribution is -2.25. The third-order valence-corrected chi connectivity index (χ3v) is 3.98. The van der Waals surface area contributed by atoms with Crippen molar-refractivity contribution < 1.29 is 5.11 Å². The lowest BCUT2D eigenvalue weighted by Gasteiger charge is -2.17. The number of hydrogen-bond acceptors (Lipinski definition) is 5.